The summed E-state index contributed by atoms with van der Waals surface area (Å²) in [7, 11) is 0. The second-order valence-corrected chi connectivity index (χ2v) is 9.59. The number of halogens is 1. The number of benzene rings is 1. The van der Waals surface area contributed by atoms with Gasteiger partial charge >= 0.3 is 6.09 Å². The van der Waals surface area contributed by atoms with Crippen LogP contribution in [-0.4, -0.2) is 65.4 Å². The van der Waals surface area contributed by atoms with Crippen molar-refractivity contribution in [2.24, 2.45) is 5.41 Å². The van der Waals surface area contributed by atoms with Crippen LogP contribution < -0.4 is 9.80 Å². The fourth-order valence-electron chi connectivity index (χ4n) is 5.63. The minimum absolute atomic E-state index is 0.219. The molecule has 2 amide bonds. The number of piperidine rings is 1. The Morgan fingerprint density at radius 3 is 2.61 bits per heavy atom. The Bertz CT molecular complexity index is 842. The van der Waals surface area contributed by atoms with E-state index in [1.807, 2.05) is 6.07 Å². The summed E-state index contributed by atoms with van der Waals surface area (Å²) in [6.45, 7) is 4.41. The fraction of sp³-hybridized carbons (Fsp3) is 0.652. The van der Waals surface area contributed by atoms with Gasteiger partial charge in [-0.25, -0.2) is 4.79 Å². The molecule has 7 nitrogen and oxygen atoms in total. The number of aliphatic hydroxyl groups excluding tert-OH is 1. The minimum Gasteiger partial charge on any atom is -0.465 e. The molecule has 1 saturated carbocycles. The second kappa shape index (κ2) is 8.87. The lowest BCUT2D eigenvalue weighted by atomic mass is 9.78. The molecule has 0 aromatic heterocycles. The van der Waals surface area contributed by atoms with E-state index < -0.39 is 6.09 Å². The van der Waals surface area contributed by atoms with E-state index in [9.17, 15) is 19.8 Å². The van der Waals surface area contributed by atoms with Crippen molar-refractivity contribution in [3.63, 3.8) is 0 Å². The average Bonchev–Trinajstić information content (AvgIpc) is 3.04. The number of anilines is 2. The van der Waals surface area contributed by atoms with Crippen LogP contribution in [0, 0.1) is 5.41 Å². The monoisotopic (exact) mass is 449 g/mol. The number of aliphatic hydroxyl groups is 1. The molecular formula is C23H32ClN3O4. The molecule has 8 heteroatoms. The lowest BCUT2D eigenvalue weighted by Gasteiger charge is -2.41. The quantitative estimate of drug-likeness (QED) is 0.726. The van der Waals surface area contributed by atoms with Gasteiger partial charge in [0.2, 0.25) is 5.91 Å². The third-order valence-corrected chi connectivity index (χ3v) is 7.66. The maximum absolute atomic E-state index is 13.5. The van der Waals surface area contributed by atoms with Crippen LogP contribution in [0.1, 0.15) is 51.9 Å². The second-order valence-electron chi connectivity index (χ2n) is 9.18. The Morgan fingerprint density at radius 1 is 1.23 bits per heavy atom. The van der Waals surface area contributed by atoms with Crippen LogP contribution in [0.4, 0.5) is 16.2 Å². The van der Waals surface area contributed by atoms with Crippen LogP contribution in [0.2, 0.25) is 5.02 Å². The molecule has 4 rings (SSSR count). The number of likely N-dealkylation sites (tertiary alicyclic amines) is 1. The van der Waals surface area contributed by atoms with E-state index in [1.165, 1.54) is 4.90 Å². The molecule has 0 radical (unpaired) electrons. The van der Waals surface area contributed by atoms with Crippen molar-refractivity contribution in [3.8, 4) is 0 Å². The first kappa shape index (κ1) is 22.2. The lowest BCUT2D eigenvalue weighted by molar-refractivity contribution is -0.139. The van der Waals surface area contributed by atoms with Gasteiger partial charge < -0.3 is 20.0 Å². The van der Waals surface area contributed by atoms with E-state index in [2.05, 4.69) is 9.80 Å². The molecule has 0 unspecified atom stereocenters. The van der Waals surface area contributed by atoms with Crippen molar-refractivity contribution in [3.05, 3.63) is 23.2 Å². The molecule has 1 atom stereocenters. The molecule has 1 spiro atoms. The summed E-state index contributed by atoms with van der Waals surface area (Å²) in [5.41, 5.74) is 1.04. The zero-order valence-electron chi connectivity index (χ0n) is 18.1. The van der Waals surface area contributed by atoms with Gasteiger partial charge in [-0.1, -0.05) is 11.6 Å². The van der Waals surface area contributed by atoms with Gasteiger partial charge in [0.05, 0.1) is 22.2 Å². The van der Waals surface area contributed by atoms with E-state index in [-0.39, 0.29) is 23.5 Å². The number of carbonyl (C=O) groups is 2. The number of hydrogen-bond donors (Lipinski definition) is 2. The predicted molar refractivity (Wildman–Crippen MR) is 121 cm³/mol. The van der Waals surface area contributed by atoms with E-state index in [0.717, 1.165) is 63.7 Å². The van der Waals surface area contributed by atoms with E-state index in [4.69, 9.17) is 11.6 Å². The topological polar surface area (TPSA) is 84.3 Å². The van der Waals surface area contributed by atoms with Crippen LogP contribution in [0.15, 0.2) is 18.2 Å². The highest BCUT2D eigenvalue weighted by Crippen LogP contribution is 2.44. The smallest absolute Gasteiger partial charge is 0.411 e. The first-order chi connectivity index (χ1) is 14.8. The molecule has 3 fully saturated rings. The normalized spacial score (nSPS) is 28.9. The third-order valence-electron chi connectivity index (χ3n) is 7.36. The minimum atomic E-state index is -1.00. The highest BCUT2D eigenvalue weighted by Gasteiger charge is 2.50. The number of nitrogens with zero attached hydrogens (tertiary/aromatic N) is 3. The van der Waals surface area contributed by atoms with Crippen molar-refractivity contribution in [2.75, 3.05) is 36.0 Å². The average molecular weight is 450 g/mol. The van der Waals surface area contributed by atoms with Crippen molar-refractivity contribution in [1.82, 2.24) is 4.90 Å². The van der Waals surface area contributed by atoms with Crippen LogP contribution >= 0.6 is 11.6 Å². The van der Waals surface area contributed by atoms with Crippen molar-refractivity contribution < 1.29 is 19.8 Å². The Kier molecular flexibility index (Phi) is 6.35. The first-order valence-electron chi connectivity index (χ1n) is 11.4. The fourth-order valence-corrected chi connectivity index (χ4v) is 5.92. The zero-order chi connectivity index (χ0) is 22.2. The van der Waals surface area contributed by atoms with E-state index in [1.54, 1.807) is 19.1 Å². The predicted octanol–water partition coefficient (Wildman–Crippen LogP) is 3.97. The van der Waals surface area contributed by atoms with Gasteiger partial charge in [0.1, 0.15) is 0 Å². The molecule has 2 aliphatic heterocycles. The number of amides is 2. The highest BCUT2D eigenvalue weighted by molar-refractivity contribution is 6.33. The maximum Gasteiger partial charge on any atom is 0.411 e. The van der Waals surface area contributed by atoms with Gasteiger partial charge in [-0.05, 0) is 70.1 Å². The molecule has 3 aliphatic rings. The van der Waals surface area contributed by atoms with Crippen LogP contribution in [0.3, 0.4) is 0 Å². The Balaban J connectivity index is 1.50. The first-order valence-corrected chi connectivity index (χ1v) is 11.8. The van der Waals surface area contributed by atoms with Crippen molar-refractivity contribution >= 4 is 35.0 Å². The number of hydrogen-bond acceptors (Lipinski definition) is 4. The standard InChI is InChI=1S/C23H32ClN3O4/c1-2-26(22(30)31)17-6-9-20(19(24)14-17)25-12-3-10-23(15-25)11-13-27(21(23)29)16-4-7-18(28)8-5-16/h6,9,14,16,18,28H,2-5,7-8,10-13,15H2,1H3,(H,30,31)/t16?,18?,23-/m0/s1. The molecular weight excluding hydrogens is 418 g/mol. The third kappa shape index (κ3) is 4.22. The highest BCUT2D eigenvalue weighted by atomic mass is 35.5. The number of carboxylic acid groups (broad SMARTS) is 1. The van der Waals surface area contributed by atoms with Gasteiger partial charge in [-0.3, -0.25) is 9.69 Å². The molecule has 2 saturated heterocycles. The van der Waals surface area contributed by atoms with Crippen molar-refractivity contribution in [1.29, 1.82) is 0 Å². The van der Waals surface area contributed by atoms with E-state index >= 15 is 0 Å². The molecule has 2 N–H and O–H groups in total. The maximum atomic E-state index is 13.5. The van der Waals surface area contributed by atoms with Gasteiger partial charge in [0.25, 0.3) is 0 Å². The summed E-state index contributed by atoms with van der Waals surface area (Å²) in [6.07, 6.45) is 4.79. The summed E-state index contributed by atoms with van der Waals surface area (Å²) in [5, 5.41) is 19.7. The molecule has 170 valence electrons. The Labute approximate surface area is 188 Å². The van der Waals surface area contributed by atoms with Gasteiger partial charge in [0, 0.05) is 37.9 Å². The van der Waals surface area contributed by atoms with Crippen LogP contribution in [0.25, 0.3) is 0 Å². The largest absolute Gasteiger partial charge is 0.465 e. The number of carbonyl (C=O) groups excluding carboxylic acids is 1. The summed E-state index contributed by atoms with van der Waals surface area (Å²) in [5.74, 6) is 0.259. The molecule has 2 heterocycles. The summed E-state index contributed by atoms with van der Waals surface area (Å²) in [6, 6.07) is 5.62. The Morgan fingerprint density at radius 2 is 1.97 bits per heavy atom. The summed E-state index contributed by atoms with van der Waals surface area (Å²) < 4.78 is 0. The zero-order valence-corrected chi connectivity index (χ0v) is 18.9. The lowest BCUT2D eigenvalue weighted by Crippen LogP contribution is -2.50. The van der Waals surface area contributed by atoms with Crippen molar-refractivity contribution in [2.45, 2.75) is 64.0 Å². The summed E-state index contributed by atoms with van der Waals surface area (Å²) >= 11 is 6.58. The van der Waals surface area contributed by atoms with Gasteiger partial charge in [0.15, 0.2) is 0 Å². The number of rotatable bonds is 4. The molecule has 31 heavy (non-hydrogen) atoms. The van der Waals surface area contributed by atoms with Crippen LogP contribution in [-0.2, 0) is 4.79 Å². The summed E-state index contributed by atoms with van der Waals surface area (Å²) in [4.78, 5) is 30.5. The van der Waals surface area contributed by atoms with Gasteiger partial charge in [-0.15, -0.1) is 0 Å². The molecule has 0 bridgehead atoms. The molecule has 1 aromatic rings. The molecule has 1 aliphatic carbocycles. The SMILES string of the molecule is CCN(C(=O)O)c1ccc(N2CCC[C@]3(CCN(C4CCC(O)CC4)C3=O)C2)c(Cl)c1. The van der Waals surface area contributed by atoms with Gasteiger partial charge in [-0.2, -0.15) is 0 Å². The molecule has 1 aromatic carbocycles. The Hall–Kier alpha value is -1.99. The van der Waals surface area contributed by atoms with E-state index in [0.29, 0.717) is 23.8 Å². The van der Waals surface area contributed by atoms with Crippen LogP contribution in [0.5, 0.6) is 0 Å².